The first-order valence-electron chi connectivity index (χ1n) is 17.8. The van der Waals surface area contributed by atoms with E-state index in [-0.39, 0.29) is 48.9 Å². The van der Waals surface area contributed by atoms with Gasteiger partial charge >= 0.3 is 0 Å². The summed E-state index contributed by atoms with van der Waals surface area (Å²) in [6.07, 6.45) is 3.60. The van der Waals surface area contributed by atoms with Gasteiger partial charge in [0.2, 0.25) is 23.6 Å². The summed E-state index contributed by atoms with van der Waals surface area (Å²) >= 11 is 1.18. The van der Waals surface area contributed by atoms with E-state index < -0.39 is 60.1 Å². The second-order valence-electron chi connectivity index (χ2n) is 13.9. The molecule has 0 fully saturated rings. The van der Waals surface area contributed by atoms with Crippen LogP contribution in [-0.4, -0.2) is 117 Å². The summed E-state index contributed by atoms with van der Waals surface area (Å²) in [6.45, 7) is 4.63. The van der Waals surface area contributed by atoms with Crippen molar-refractivity contribution in [1.29, 1.82) is 5.26 Å². The van der Waals surface area contributed by atoms with Crippen LogP contribution in [0.15, 0.2) is 54.2 Å². The predicted molar refractivity (Wildman–Crippen MR) is 203 cm³/mol. The zero-order valence-electron chi connectivity index (χ0n) is 31.3. The number of H-pyrrole nitrogens is 1. The number of amides is 6. The molecule has 0 unspecified atom stereocenters. The first kappa shape index (κ1) is 40.0. The van der Waals surface area contributed by atoms with Crippen LogP contribution in [0.4, 0.5) is 0 Å². The number of pyridine rings is 1. The molecule has 0 saturated heterocycles. The molecular weight excluding hydrogens is 725 g/mol. The van der Waals surface area contributed by atoms with Gasteiger partial charge in [-0.2, -0.15) is 5.26 Å². The number of benzene rings is 1. The smallest absolute Gasteiger partial charge is 0.271 e. The molecule has 17 heteroatoms. The number of carbonyl (C=O) groups excluding carboxylic acids is 6. The highest BCUT2D eigenvalue weighted by Gasteiger charge is 2.31. The number of nitriles is 1. The number of nitrogens with one attached hydrogen (secondary N) is 4. The summed E-state index contributed by atoms with van der Waals surface area (Å²) in [6, 6.07) is 9.60. The normalized spacial score (nSPS) is 19.8. The third kappa shape index (κ3) is 10.1. The van der Waals surface area contributed by atoms with Crippen molar-refractivity contribution in [2.24, 2.45) is 5.92 Å². The summed E-state index contributed by atoms with van der Waals surface area (Å²) in [5.74, 6) is -3.16. The van der Waals surface area contributed by atoms with Gasteiger partial charge in [0.15, 0.2) is 0 Å². The van der Waals surface area contributed by atoms with E-state index in [1.165, 1.54) is 65.4 Å². The fraction of sp³-hybridized carbons (Fsp3) is 0.395. The van der Waals surface area contributed by atoms with E-state index in [4.69, 9.17) is 5.26 Å². The molecule has 288 valence electrons. The number of thiazole rings is 1. The molecule has 0 radical (unpaired) electrons. The van der Waals surface area contributed by atoms with Crippen LogP contribution in [0, 0.1) is 17.2 Å². The highest BCUT2D eigenvalue weighted by Crippen LogP contribution is 2.25. The number of nitrogens with zero attached hydrogens (tertiary/aromatic N) is 6. The lowest BCUT2D eigenvalue weighted by Crippen LogP contribution is -2.53. The molecule has 4 aromatic rings. The van der Waals surface area contributed by atoms with Crippen molar-refractivity contribution in [3.8, 4) is 6.07 Å². The Bertz CT molecular complexity index is 2110. The summed E-state index contributed by atoms with van der Waals surface area (Å²) in [7, 11) is 2.96. The van der Waals surface area contributed by atoms with E-state index >= 15 is 0 Å². The minimum atomic E-state index is -1.09. The van der Waals surface area contributed by atoms with E-state index in [2.05, 4.69) is 30.9 Å². The topological polar surface area (TPSA) is 214 Å². The van der Waals surface area contributed by atoms with Crippen LogP contribution in [0.3, 0.4) is 0 Å². The van der Waals surface area contributed by atoms with Gasteiger partial charge in [0, 0.05) is 62.3 Å². The van der Waals surface area contributed by atoms with Gasteiger partial charge in [-0.05, 0) is 43.0 Å². The standard InChI is InChI=1S/C38H44N10O6S/c1-22(2)14-29-35-45-31(21-55-35)34(51)44-30(15-25-18-41-28-9-7-6-8-27(25)28)38(54)47(5)19-32(49)42-23(3)36(52)46(4)12-13-48(20-33(50)43-29)37(53)24-10-11-26(16-39)40-17-24/h6-11,17-18,21-23,29-30,41H,12-15,19-20H2,1-5H3,(H,42,49)(H,43,50)(H,44,51)/t23-,29-,30+/m0/s1. The maximum absolute atomic E-state index is 13.9. The van der Waals surface area contributed by atoms with Gasteiger partial charge in [0.05, 0.1) is 24.7 Å². The first-order valence-corrected chi connectivity index (χ1v) is 18.7. The monoisotopic (exact) mass is 768 g/mol. The zero-order valence-corrected chi connectivity index (χ0v) is 32.1. The maximum atomic E-state index is 13.9. The maximum Gasteiger partial charge on any atom is 0.271 e. The molecule has 1 aliphatic heterocycles. The highest BCUT2D eigenvalue weighted by atomic mass is 32.1. The Morgan fingerprint density at radius 3 is 2.40 bits per heavy atom. The Morgan fingerprint density at radius 2 is 1.69 bits per heavy atom. The predicted octanol–water partition coefficient (Wildman–Crippen LogP) is 2.01. The van der Waals surface area contributed by atoms with Gasteiger partial charge in [-0.15, -0.1) is 11.3 Å². The number of hydrogen-bond acceptors (Lipinski definition) is 10. The Morgan fingerprint density at radius 1 is 0.945 bits per heavy atom. The fourth-order valence-electron chi connectivity index (χ4n) is 6.25. The van der Waals surface area contributed by atoms with Crippen LogP contribution in [0.1, 0.15) is 70.3 Å². The molecule has 55 heavy (non-hydrogen) atoms. The third-order valence-electron chi connectivity index (χ3n) is 9.13. The molecule has 1 aliphatic rings. The fourth-order valence-corrected chi connectivity index (χ4v) is 7.11. The number of rotatable bonds is 5. The molecule has 5 rings (SSSR count). The summed E-state index contributed by atoms with van der Waals surface area (Å²) in [4.78, 5) is 97.1. The summed E-state index contributed by atoms with van der Waals surface area (Å²) in [5.41, 5.74) is 1.94. The number of para-hydroxylation sites is 1. The average Bonchev–Trinajstić information content (AvgIpc) is 3.82. The lowest BCUT2D eigenvalue weighted by atomic mass is 10.0. The Hall–Kier alpha value is -6.15. The summed E-state index contributed by atoms with van der Waals surface area (Å²) in [5, 5.41) is 20.5. The number of carbonyl (C=O) groups is 6. The molecular formula is C38H44N10O6S. The Balaban J connectivity index is 1.47. The number of aromatic amines is 1. The summed E-state index contributed by atoms with van der Waals surface area (Å²) < 4.78 is 0. The molecule has 4 heterocycles. The quantitative estimate of drug-likeness (QED) is 0.234. The highest BCUT2D eigenvalue weighted by molar-refractivity contribution is 7.09. The van der Waals surface area contributed by atoms with Gasteiger partial charge in [-0.25, -0.2) is 9.97 Å². The number of aromatic nitrogens is 3. The van der Waals surface area contributed by atoms with E-state index in [1.807, 2.05) is 44.2 Å². The molecule has 3 atom stereocenters. The van der Waals surface area contributed by atoms with E-state index in [0.717, 1.165) is 16.5 Å². The van der Waals surface area contributed by atoms with E-state index in [9.17, 15) is 28.8 Å². The molecule has 3 aromatic heterocycles. The molecule has 0 aliphatic carbocycles. The lowest BCUT2D eigenvalue weighted by Gasteiger charge is -2.28. The molecule has 16 nitrogen and oxygen atoms in total. The van der Waals surface area contributed by atoms with Gasteiger partial charge in [-0.1, -0.05) is 32.0 Å². The van der Waals surface area contributed by atoms with E-state index in [1.54, 1.807) is 11.6 Å². The second kappa shape index (κ2) is 17.8. The molecule has 4 N–H and O–H groups in total. The van der Waals surface area contributed by atoms with Gasteiger partial charge in [0.1, 0.15) is 34.5 Å². The van der Waals surface area contributed by atoms with Crippen molar-refractivity contribution >= 4 is 57.7 Å². The Labute approximate surface area is 322 Å². The number of likely N-dealkylation sites (N-methyl/N-ethyl adjacent to an activating group) is 2. The molecule has 6 amide bonds. The minimum Gasteiger partial charge on any atom is -0.361 e. The van der Waals surface area contributed by atoms with Crippen molar-refractivity contribution in [1.82, 2.24) is 45.6 Å². The van der Waals surface area contributed by atoms with Crippen LogP contribution < -0.4 is 16.0 Å². The van der Waals surface area contributed by atoms with E-state index in [0.29, 0.717) is 11.4 Å². The van der Waals surface area contributed by atoms with Crippen molar-refractivity contribution in [2.45, 2.75) is 51.7 Å². The van der Waals surface area contributed by atoms with Crippen LogP contribution in [0.2, 0.25) is 0 Å². The molecule has 2 bridgehead atoms. The largest absolute Gasteiger partial charge is 0.361 e. The van der Waals surface area contributed by atoms with Crippen LogP contribution in [0.25, 0.3) is 10.9 Å². The number of hydrogen-bond donors (Lipinski definition) is 4. The molecule has 0 spiro atoms. The van der Waals surface area contributed by atoms with Gasteiger partial charge < -0.3 is 35.6 Å². The average molecular weight is 769 g/mol. The van der Waals surface area contributed by atoms with Crippen molar-refractivity contribution in [3.63, 3.8) is 0 Å². The minimum absolute atomic E-state index is 0.00865. The lowest BCUT2D eigenvalue weighted by molar-refractivity contribution is -0.138. The van der Waals surface area contributed by atoms with Crippen molar-refractivity contribution in [3.05, 3.63) is 81.7 Å². The third-order valence-corrected chi connectivity index (χ3v) is 10.1. The van der Waals surface area contributed by atoms with Gasteiger partial charge in [0.25, 0.3) is 11.8 Å². The van der Waals surface area contributed by atoms with Gasteiger partial charge in [-0.3, -0.25) is 28.8 Å². The van der Waals surface area contributed by atoms with Crippen LogP contribution in [0.5, 0.6) is 0 Å². The van der Waals surface area contributed by atoms with Crippen LogP contribution >= 0.6 is 11.3 Å². The van der Waals surface area contributed by atoms with Crippen molar-refractivity contribution in [2.75, 3.05) is 40.3 Å². The molecule has 1 aromatic carbocycles. The van der Waals surface area contributed by atoms with Crippen molar-refractivity contribution < 1.29 is 28.8 Å². The second-order valence-corrected chi connectivity index (χ2v) is 14.8. The Kier molecular flexibility index (Phi) is 12.9. The molecule has 0 saturated carbocycles. The number of fused-ring (bicyclic) bond motifs is 3. The zero-order chi connectivity index (χ0) is 39.8. The first-order chi connectivity index (χ1) is 26.2. The SMILES string of the molecule is CC(C)C[C@@H]1NC(=O)CN(C(=O)c2ccc(C#N)nc2)CCN(C)C(=O)[C@H](C)NC(=O)CN(C)C(=O)[C@@H](Cc2c[nH]c3ccccc23)NC(=O)c2csc1n2. The van der Waals surface area contributed by atoms with Crippen LogP contribution in [-0.2, 0) is 25.6 Å².